The Morgan fingerprint density at radius 3 is 2.19 bits per heavy atom. The third-order valence-corrected chi connectivity index (χ3v) is 5.87. The van der Waals surface area contributed by atoms with Gasteiger partial charge in [-0.25, -0.2) is 0 Å². The third-order valence-electron chi connectivity index (χ3n) is 5.87. The molecule has 1 heterocycles. The molecule has 172 valence electrons. The van der Waals surface area contributed by atoms with Gasteiger partial charge in [0.25, 0.3) is 5.91 Å². The van der Waals surface area contributed by atoms with Gasteiger partial charge in [-0.05, 0) is 62.3 Å². The fraction of sp³-hybridized carbons (Fsp3) is 0.625. The quantitative estimate of drug-likeness (QED) is 0.629. The zero-order chi connectivity index (χ0) is 23.0. The minimum Gasteiger partial charge on any atom is -0.497 e. The van der Waals surface area contributed by atoms with Gasteiger partial charge in [0.1, 0.15) is 11.8 Å². The summed E-state index contributed by atoms with van der Waals surface area (Å²) in [6.45, 7) is 9.26. The van der Waals surface area contributed by atoms with Crippen LogP contribution in [0.1, 0.15) is 63.7 Å². The van der Waals surface area contributed by atoms with E-state index in [0.717, 1.165) is 6.42 Å². The molecule has 0 spiro atoms. The van der Waals surface area contributed by atoms with Crippen molar-refractivity contribution in [2.24, 2.45) is 11.8 Å². The zero-order valence-corrected chi connectivity index (χ0v) is 19.4. The van der Waals surface area contributed by atoms with E-state index in [9.17, 15) is 14.4 Å². The van der Waals surface area contributed by atoms with Crippen LogP contribution in [0.25, 0.3) is 0 Å². The van der Waals surface area contributed by atoms with E-state index in [-0.39, 0.29) is 29.7 Å². The van der Waals surface area contributed by atoms with E-state index in [4.69, 9.17) is 4.74 Å². The molecule has 3 amide bonds. The van der Waals surface area contributed by atoms with Crippen molar-refractivity contribution in [2.75, 3.05) is 20.2 Å². The molecule has 0 saturated carbocycles. The molecule has 2 N–H and O–H groups in total. The number of carbonyl (C=O) groups is 3. The molecule has 31 heavy (non-hydrogen) atoms. The van der Waals surface area contributed by atoms with Crippen LogP contribution < -0.4 is 15.4 Å². The van der Waals surface area contributed by atoms with Crippen molar-refractivity contribution in [1.82, 2.24) is 15.5 Å². The van der Waals surface area contributed by atoms with Crippen LogP contribution in [0, 0.1) is 11.8 Å². The second-order valence-corrected chi connectivity index (χ2v) is 8.81. The van der Waals surface area contributed by atoms with E-state index < -0.39 is 6.04 Å². The first-order valence-corrected chi connectivity index (χ1v) is 11.3. The third kappa shape index (κ3) is 7.26. The smallest absolute Gasteiger partial charge is 0.251 e. The molecule has 1 aliphatic heterocycles. The Morgan fingerprint density at radius 2 is 1.68 bits per heavy atom. The summed E-state index contributed by atoms with van der Waals surface area (Å²) in [6.07, 6.45) is 2.72. The predicted octanol–water partition coefficient (Wildman–Crippen LogP) is 2.99. The normalized spacial score (nSPS) is 16.5. The lowest BCUT2D eigenvalue weighted by Crippen LogP contribution is -2.55. The molecular formula is C24H37N3O4. The number of nitrogens with zero attached hydrogens (tertiary/aromatic N) is 1. The molecule has 1 aromatic rings. The van der Waals surface area contributed by atoms with E-state index >= 15 is 0 Å². The number of benzene rings is 1. The molecule has 7 nitrogen and oxygen atoms in total. The number of carbonyl (C=O) groups excluding carboxylic acids is 3. The lowest BCUT2D eigenvalue weighted by molar-refractivity contribution is -0.133. The topological polar surface area (TPSA) is 87.7 Å². The van der Waals surface area contributed by atoms with Gasteiger partial charge in [-0.1, -0.05) is 20.8 Å². The maximum absolute atomic E-state index is 13.0. The lowest BCUT2D eigenvalue weighted by Gasteiger charge is -2.36. The predicted molar refractivity (Wildman–Crippen MR) is 121 cm³/mol. The molecule has 1 saturated heterocycles. The second-order valence-electron chi connectivity index (χ2n) is 8.81. The summed E-state index contributed by atoms with van der Waals surface area (Å²) in [4.78, 5) is 40.1. The van der Waals surface area contributed by atoms with Gasteiger partial charge < -0.3 is 20.3 Å². The van der Waals surface area contributed by atoms with Crippen LogP contribution in [-0.4, -0.2) is 54.9 Å². The first-order chi connectivity index (χ1) is 14.7. The van der Waals surface area contributed by atoms with E-state index in [2.05, 4.69) is 10.6 Å². The van der Waals surface area contributed by atoms with E-state index in [1.807, 2.05) is 32.6 Å². The molecule has 7 heteroatoms. The maximum Gasteiger partial charge on any atom is 0.251 e. The molecular weight excluding hydrogens is 394 g/mol. The highest BCUT2D eigenvalue weighted by atomic mass is 16.5. The van der Waals surface area contributed by atoms with Crippen molar-refractivity contribution in [3.05, 3.63) is 29.8 Å². The van der Waals surface area contributed by atoms with Gasteiger partial charge in [-0.2, -0.15) is 0 Å². The Bertz CT molecular complexity index is 740. The highest BCUT2D eigenvalue weighted by Crippen LogP contribution is 2.23. The Hall–Kier alpha value is -2.57. The number of methoxy groups -OCH3 is 1. The zero-order valence-electron chi connectivity index (χ0n) is 19.4. The molecule has 1 aromatic carbocycles. The molecule has 1 aliphatic rings. The molecule has 0 radical (unpaired) electrons. The highest BCUT2D eigenvalue weighted by molar-refractivity contribution is 5.97. The van der Waals surface area contributed by atoms with E-state index in [0.29, 0.717) is 49.6 Å². The van der Waals surface area contributed by atoms with Crippen LogP contribution in [0.3, 0.4) is 0 Å². The largest absolute Gasteiger partial charge is 0.497 e. The summed E-state index contributed by atoms with van der Waals surface area (Å²) in [6, 6.07) is 6.21. The molecule has 2 atom stereocenters. The van der Waals surface area contributed by atoms with Gasteiger partial charge in [0.05, 0.1) is 7.11 Å². The summed E-state index contributed by atoms with van der Waals surface area (Å²) in [5.74, 6) is 0.684. The monoisotopic (exact) mass is 431 g/mol. The standard InChI is InChI=1S/C24H37N3O4/c1-6-17(4)25-24(30)22(26-23(29)19-7-9-20(31-5)10-8-19)18-11-13-27(14-12-18)21(28)15-16(2)3/h7-10,16-18,22H,6,11-15H2,1-5H3,(H,25,30)(H,26,29)/t17-,22+/m0/s1. The van der Waals surface area contributed by atoms with Crippen LogP contribution in [-0.2, 0) is 9.59 Å². The lowest BCUT2D eigenvalue weighted by atomic mass is 9.88. The SMILES string of the molecule is CC[C@H](C)NC(=O)[C@H](NC(=O)c1ccc(OC)cc1)C1CCN(C(=O)CC(C)C)CC1. The summed E-state index contributed by atoms with van der Waals surface area (Å²) < 4.78 is 5.14. The highest BCUT2D eigenvalue weighted by Gasteiger charge is 2.34. The molecule has 2 rings (SSSR count). The van der Waals surface area contributed by atoms with Crippen molar-refractivity contribution in [1.29, 1.82) is 0 Å². The van der Waals surface area contributed by atoms with Crippen molar-refractivity contribution in [2.45, 2.75) is 65.5 Å². The van der Waals surface area contributed by atoms with E-state index in [1.165, 1.54) is 0 Å². The Kier molecular flexibility index (Phi) is 9.34. The molecule has 0 aliphatic carbocycles. The van der Waals surface area contributed by atoms with Crippen LogP contribution in [0.15, 0.2) is 24.3 Å². The van der Waals surface area contributed by atoms with Gasteiger partial charge in [0.15, 0.2) is 0 Å². The number of nitrogens with one attached hydrogen (secondary N) is 2. The number of hydrogen-bond acceptors (Lipinski definition) is 4. The summed E-state index contributed by atoms with van der Waals surface area (Å²) in [7, 11) is 1.57. The first-order valence-electron chi connectivity index (χ1n) is 11.3. The molecule has 0 bridgehead atoms. The summed E-state index contributed by atoms with van der Waals surface area (Å²) >= 11 is 0. The Morgan fingerprint density at radius 1 is 1.06 bits per heavy atom. The number of piperidine rings is 1. The van der Waals surface area contributed by atoms with Gasteiger partial charge in [-0.15, -0.1) is 0 Å². The van der Waals surface area contributed by atoms with E-state index in [1.54, 1.807) is 31.4 Å². The van der Waals surface area contributed by atoms with Gasteiger partial charge in [-0.3, -0.25) is 14.4 Å². The number of likely N-dealkylation sites (tertiary alicyclic amines) is 1. The van der Waals surface area contributed by atoms with Crippen molar-refractivity contribution < 1.29 is 19.1 Å². The van der Waals surface area contributed by atoms with Crippen molar-refractivity contribution >= 4 is 17.7 Å². The molecule has 1 fully saturated rings. The van der Waals surface area contributed by atoms with Crippen LogP contribution >= 0.6 is 0 Å². The van der Waals surface area contributed by atoms with Crippen LogP contribution in [0.2, 0.25) is 0 Å². The number of ether oxygens (including phenoxy) is 1. The Labute approximate surface area is 185 Å². The van der Waals surface area contributed by atoms with Gasteiger partial charge >= 0.3 is 0 Å². The maximum atomic E-state index is 13.0. The average Bonchev–Trinajstić information content (AvgIpc) is 2.76. The minimum atomic E-state index is -0.633. The number of hydrogen-bond donors (Lipinski definition) is 2. The molecule has 0 unspecified atom stereocenters. The fourth-order valence-corrected chi connectivity index (χ4v) is 3.76. The summed E-state index contributed by atoms with van der Waals surface area (Å²) in [5.41, 5.74) is 0.478. The van der Waals surface area contributed by atoms with Crippen molar-refractivity contribution in [3.8, 4) is 5.75 Å². The first kappa shape index (κ1) is 24.7. The molecule has 0 aromatic heterocycles. The van der Waals surface area contributed by atoms with Gasteiger partial charge in [0, 0.05) is 31.1 Å². The fourth-order valence-electron chi connectivity index (χ4n) is 3.76. The second kappa shape index (κ2) is 11.7. The van der Waals surface area contributed by atoms with Gasteiger partial charge in [0.2, 0.25) is 11.8 Å². The van der Waals surface area contributed by atoms with Crippen LogP contribution in [0.4, 0.5) is 0 Å². The Balaban J connectivity index is 2.09. The summed E-state index contributed by atoms with van der Waals surface area (Å²) in [5, 5.41) is 5.96. The number of amides is 3. The number of rotatable bonds is 9. The van der Waals surface area contributed by atoms with Crippen LogP contribution in [0.5, 0.6) is 5.75 Å². The van der Waals surface area contributed by atoms with Crippen molar-refractivity contribution in [3.63, 3.8) is 0 Å². The average molecular weight is 432 g/mol. The minimum absolute atomic E-state index is 0.0191.